The van der Waals surface area contributed by atoms with Crippen molar-refractivity contribution in [2.24, 2.45) is 11.6 Å². The number of nitrogens with zero attached hydrogens (tertiary/aromatic N) is 3. The van der Waals surface area contributed by atoms with Crippen molar-refractivity contribution in [3.8, 4) is 17.1 Å². The van der Waals surface area contributed by atoms with Crippen molar-refractivity contribution in [3.63, 3.8) is 0 Å². The van der Waals surface area contributed by atoms with Crippen LogP contribution in [0.5, 0.6) is 5.88 Å². The third-order valence-electron chi connectivity index (χ3n) is 2.76. The molecule has 6 nitrogen and oxygen atoms in total. The predicted octanol–water partition coefficient (Wildman–Crippen LogP) is 1.97. The van der Waals surface area contributed by atoms with Gasteiger partial charge in [0.2, 0.25) is 5.88 Å². The normalized spacial score (nSPS) is 11.5. The maximum Gasteiger partial charge on any atom is 0.214 e. The summed E-state index contributed by atoms with van der Waals surface area (Å²) < 4.78 is 14.5. The minimum Gasteiger partial charge on any atom is -0.493 e. The van der Waals surface area contributed by atoms with Crippen LogP contribution in [0.3, 0.4) is 0 Å². The number of hydrazine groups is 1. The van der Waals surface area contributed by atoms with Crippen LogP contribution in [0, 0.1) is 12.7 Å². The van der Waals surface area contributed by atoms with E-state index in [-0.39, 0.29) is 22.3 Å². The van der Waals surface area contributed by atoms with Gasteiger partial charge in [0.15, 0.2) is 0 Å². The molecule has 0 saturated heterocycles. The Balaban J connectivity index is 2.68. The van der Waals surface area contributed by atoms with Crippen LogP contribution in [0.25, 0.3) is 11.3 Å². The van der Waals surface area contributed by atoms with Crippen molar-refractivity contribution < 1.29 is 9.50 Å². The van der Waals surface area contributed by atoms with E-state index in [1.165, 1.54) is 12.3 Å². The number of hydrogen-bond donors (Lipinski definition) is 3. The predicted molar refractivity (Wildman–Crippen MR) is 78.6 cm³/mol. The Morgan fingerprint density at radius 2 is 2.14 bits per heavy atom. The molecule has 1 heterocycles. The first-order valence-corrected chi connectivity index (χ1v) is 6.25. The first-order chi connectivity index (χ1) is 9.90. The Bertz CT molecular complexity index is 703. The highest BCUT2D eigenvalue weighted by Crippen LogP contribution is 2.33. The molecule has 0 fully saturated rings. The molecular weight excluding hydrogens is 297 g/mol. The lowest BCUT2D eigenvalue weighted by Gasteiger charge is -2.19. The number of anilines is 1. The minimum absolute atomic E-state index is 0.0602. The monoisotopic (exact) mass is 309 g/mol. The molecule has 2 rings (SSSR count). The summed E-state index contributed by atoms with van der Waals surface area (Å²) >= 11 is 5.58. The number of aromatic nitrogens is 2. The van der Waals surface area contributed by atoms with E-state index in [2.05, 4.69) is 9.97 Å². The summed E-state index contributed by atoms with van der Waals surface area (Å²) in [4.78, 5) is 7.52. The van der Waals surface area contributed by atoms with Crippen molar-refractivity contribution in [1.82, 2.24) is 9.97 Å². The quantitative estimate of drug-likeness (QED) is 0.455. The Kier molecular flexibility index (Phi) is 4.25. The zero-order valence-corrected chi connectivity index (χ0v) is 11.8. The highest BCUT2D eigenvalue weighted by Gasteiger charge is 2.18. The molecule has 0 spiro atoms. The van der Waals surface area contributed by atoms with E-state index in [1.54, 1.807) is 19.1 Å². The van der Waals surface area contributed by atoms with Gasteiger partial charge in [-0.15, -0.1) is 0 Å². The summed E-state index contributed by atoms with van der Waals surface area (Å²) in [7, 11) is 0. The van der Waals surface area contributed by atoms with Crippen LogP contribution < -0.4 is 16.6 Å². The van der Waals surface area contributed by atoms with Crippen LogP contribution in [0.15, 0.2) is 35.9 Å². The maximum absolute atomic E-state index is 14.5. The third-order valence-corrected chi connectivity index (χ3v) is 2.86. The molecule has 5 N–H and O–H groups in total. The molecule has 0 atom stereocenters. The number of rotatable bonds is 3. The van der Waals surface area contributed by atoms with Gasteiger partial charge in [0.05, 0.1) is 23.1 Å². The van der Waals surface area contributed by atoms with E-state index in [1.807, 2.05) is 0 Å². The zero-order valence-electron chi connectivity index (χ0n) is 11.1. The molecular formula is C13H13ClFN5O. The SMILES string of the molecule is Cc1ccc(N(N)/C=C(\N)Cl)c(-c2cc(O)ncn2)c1F. The maximum atomic E-state index is 14.5. The third kappa shape index (κ3) is 3.21. The molecule has 0 radical (unpaired) electrons. The first-order valence-electron chi connectivity index (χ1n) is 5.87. The second-order valence-corrected chi connectivity index (χ2v) is 4.71. The Labute approximate surface area is 125 Å². The van der Waals surface area contributed by atoms with Crippen LogP contribution in [-0.4, -0.2) is 15.1 Å². The number of aryl methyl sites for hydroxylation is 1. The summed E-state index contributed by atoms with van der Waals surface area (Å²) in [6.07, 6.45) is 2.36. The van der Waals surface area contributed by atoms with E-state index >= 15 is 0 Å². The number of halogens is 2. The topological polar surface area (TPSA) is 101 Å². The van der Waals surface area contributed by atoms with Crippen LogP contribution in [0.1, 0.15) is 5.56 Å². The van der Waals surface area contributed by atoms with Gasteiger partial charge < -0.3 is 10.8 Å². The highest BCUT2D eigenvalue weighted by atomic mass is 35.5. The molecule has 8 heteroatoms. The van der Waals surface area contributed by atoms with E-state index < -0.39 is 5.82 Å². The molecule has 0 saturated carbocycles. The second-order valence-electron chi connectivity index (χ2n) is 4.27. The molecule has 0 bridgehead atoms. The van der Waals surface area contributed by atoms with Gasteiger partial charge in [0.25, 0.3) is 0 Å². The van der Waals surface area contributed by atoms with E-state index in [4.69, 9.17) is 23.2 Å². The van der Waals surface area contributed by atoms with Crippen molar-refractivity contribution in [3.05, 3.63) is 47.3 Å². The standard InChI is InChI=1S/C13H13ClFN5O/c1-7-2-3-9(20(17)5-10(14)16)12(13(7)15)8-4-11(21)19-6-18-8/h2-6H,16-17H2,1H3,(H,18,19,21)/b10-5-. The lowest BCUT2D eigenvalue weighted by molar-refractivity contribution is 0.452. The Morgan fingerprint density at radius 3 is 2.76 bits per heavy atom. The van der Waals surface area contributed by atoms with E-state index in [0.29, 0.717) is 11.3 Å². The van der Waals surface area contributed by atoms with Crippen LogP contribution in [-0.2, 0) is 0 Å². The molecule has 1 aromatic carbocycles. The molecule has 0 aliphatic heterocycles. The van der Waals surface area contributed by atoms with Crippen molar-refractivity contribution in [2.45, 2.75) is 6.92 Å². The summed E-state index contributed by atoms with van der Waals surface area (Å²) in [6.45, 7) is 1.61. The van der Waals surface area contributed by atoms with Gasteiger partial charge >= 0.3 is 0 Å². The fourth-order valence-corrected chi connectivity index (χ4v) is 1.92. The summed E-state index contributed by atoms with van der Waals surface area (Å²) in [6, 6.07) is 4.40. The average molecular weight is 310 g/mol. The van der Waals surface area contributed by atoms with E-state index in [9.17, 15) is 9.50 Å². The minimum atomic E-state index is -0.511. The number of aromatic hydroxyl groups is 1. The number of benzene rings is 1. The summed E-state index contributed by atoms with van der Waals surface area (Å²) in [5, 5.41) is 10.5. The molecule has 0 unspecified atom stereocenters. The van der Waals surface area contributed by atoms with Crippen LogP contribution >= 0.6 is 11.6 Å². The molecule has 0 aliphatic rings. The van der Waals surface area contributed by atoms with Gasteiger partial charge in [0.1, 0.15) is 17.3 Å². The molecule has 21 heavy (non-hydrogen) atoms. The summed E-state index contributed by atoms with van der Waals surface area (Å²) in [5.41, 5.74) is 6.36. The molecule has 110 valence electrons. The average Bonchev–Trinajstić information content (AvgIpc) is 2.40. The van der Waals surface area contributed by atoms with Gasteiger partial charge in [-0.05, 0) is 18.6 Å². The van der Waals surface area contributed by atoms with Gasteiger partial charge in [-0.2, -0.15) is 0 Å². The number of nitrogens with two attached hydrogens (primary N) is 2. The second kappa shape index (κ2) is 5.94. The zero-order chi connectivity index (χ0) is 15.6. The van der Waals surface area contributed by atoms with Crippen molar-refractivity contribution in [2.75, 3.05) is 5.01 Å². The molecule has 0 amide bonds. The fraction of sp³-hybridized carbons (Fsp3) is 0.0769. The lowest BCUT2D eigenvalue weighted by Crippen LogP contribution is -2.26. The molecule has 1 aromatic heterocycles. The molecule has 0 aliphatic carbocycles. The molecule has 2 aromatic rings. The Hall–Kier alpha value is -2.38. The largest absolute Gasteiger partial charge is 0.493 e. The smallest absolute Gasteiger partial charge is 0.214 e. The first kappa shape index (κ1) is 15.0. The van der Waals surface area contributed by atoms with Crippen LogP contribution in [0.2, 0.25) is 0 Å². The van der Waals surface area contributed by atoms with E-state index in [0.717, 1.165) is 11.3 Å². The fourth-order valence-electron chi connectivity index (χ4n) is 1.82. The van der Waals surface area contributed by atoms with Gasteiger partial charge in [-0.3, -0.25) is 5.01 Å². The van der Waals surface area contributed by atoms with Gasteiger partial charge in [0, 0.05) is 6.07 Å². The number of hydrogen-bond acceptors (Lipinski definition) is 6. The van der Waals surface area contributed by atoms with Crippen molar-refractivity contribution in [1.29, 1.82) is 0 Å². The lowest BCUT2D eigenvalue weighted by atomic mass is 10.0. The van der Waals surface area contributed by atoms with Crippen LogP contribution in [0.4, 0.5) is 10.1 Å². The highest BCUT2D eigenvalue weighted by molar-refractivity contribution is 6.29. The van der Waals surface area contributed by atoms with Gasteiger partial charge in [-0.1, -0.05) is 17.7 Å². The summed E-state index contributed by atoms with van der Waals surface area (Å²) in [5.74, 6) is 5.02. The van der Waals surface area contributed by atoms with Gasteiger partial charge in [-0.25, -0.2) is 20.2 Å². The Morgan fingerprint density at radius 1 is 1.43 bits per heavy atom. The van der Waals surface area contributed by atoms with Crippen molar-refractivity contribution >= 4 is 17.3 Å².